The summed E-state index contributed by atoms with van der Waals surface area (Å²) in [7, 11) is 0. The molecule has 100 valence electrons. The zero-order valence-corrected chi connectivity index (χ0v) is 7.21. The molecule has 16 heavy (non-hydrogen) atoms. The van der Waals surface area contributed by atoms with E-state index in [-0.39, 0.29) is 2.85 Å². The Labute approximate surface area is 88.8 Å². The first-order valence-electron chi connectivity index (χ1n) is 2.61. The quantitative estimate of drug-likeness (QED) is 0.305. The minimum atomic E-state index is -1.83. The maximum atomic E-state index is 8.56. The maximum Gasteiger partial charge on any atom is 0.503 e. The summed E-state index contributed by atoms with van der Waals surface area (Å²) in [4.78, 5) is 34.2. The molecule has 0 unspecified atom stereocenters. The summed E-state index contributed by atoms with van der Waals surface area (Å²) in [6.07, 6.45) is -7.33. The van der Waals surface area contributed by atoms with Crippen LogP contribution >= 0.6 is 0 Å². The molecule has 0 aliphatic heterocycles. The average Bonchev–Trinajstić information content (AvgIpc) is 1.76. The Hall–Kier alpha value is -2.92. The van der Waals surface area contributed by atoms with Gasteiger partial charge >= 0.3 is 24.6 Å². The lowest BCUT2D eigenvalue weighted by molar-refractivity contribution is 0.135. The first-order valence-corrected chi connectivity index (χ1v) is 2.61. The van der Waals surface area contributed by atoms with Gasteiger partial charge in [-0.25, -0.2) is 19.2 Å². The predicted octanol–water partition coefficient (Wildman–Crippen LogP) is 1.38. The standard InChI is InChI=1S/4CH2O3.2H2/c4*2-1(3)4;;/h4*(H2,2,3,4);2*1H. The fraction of sp³-hybridized carbons (Fsp3) is 0. The minimum Gasteiger partial charge on any atom is -0.450 e. The Morgan fingerprint density at radius 1 is 0.438 bits per heavy atom. The highest BCUT2D eigenvalue weighted by molar-refractivity contribution is 5.54. The summed E-state index contributed by atoms with van der Waals surface area (Å²) >= 11 is 0. The van der Waals surface area contributed by atoms with Crippen LogP contribution in [0.3, 0.4) is 0 Å². The van der Waals surface area contributed by atoms with Crippen molar-refractivity contribution in [1.29, 1.82) is 0 Å². The second-order valence-corrected chi connectivity index (χ2v) is 1.13. The zero-order valence-electron chi connectivity index (χ0n) is 7.21. The van der Waals surface area contributed by atoms with Crippen molar-refractivity contribution < 1.29 is 62.9 Å². The van der Waals surface area contributed by atoms with Gasteiger partial charge in [0.25, 0.3) is 0 Å². The highest BCUT2D eigenvalue weighted by atomic mass is 16.6. The highest BCUT2D eigenvalue weighted by Gasteiger charge is 1.71. The molecule has 8 N–H and O–H groups in total. The summed E-state index contributed by atoms with van der Waals surface area (Å²) in [5, 5.41) is 55.8. The lowest BCUT2D eigenvalue weighted by Gasteiger charge is -1.60. The van der Waals surface area contributed by atoms with E-state index in [1.54, 1.807) is 0 Å². The van der Waals surface area contributed by atoms with Gasteiger partial charge in [0.2, 0.25) is 0 Å². The normalized spacial score (nSPS) is 6.00. The van der Waals surface area contributed by atoms with Crippen LogP contribution < -0.4 is 0 Å². The largest absolute Gasteiger partial charge is 0.503 e. The number of hydrogen-bond acceptors (Lipinski definition) is 4. The molecule has 0 aromatic heterocycles. The van der Waals surface area contributed by atoms with Crippen LogP contribution in [0.15, 0.2) is 0 Å². The molecular formula is C4H12O12. The van der Waals surface area contributed by atoms with E-state index in [2.05, 4.69) is 0 Å². The molecule has 0 aliphatic rings. The van der Waals surface area contributed by atoms with Gasteiger partial charge in [0.05, 0.1) is 0 Å². The molecule has 0 fully saturated rings. The third-order valence-electron chi connectivity index (χ3n) is 0. The maximum absolute atomic E-state index is 8.56. The van der Waals surface area contributed by atoms with E-state index < -0.39 is 24.6 Å². The van der Waals surface area contributed by atoms with Crippen LogP contribution in [-0.2, 0) is 0 Å². The van der Waals surface area contributed by atoms with Crippen molar-refractivity contribution in [2.24, 2.45) is 0 Å². The first kappa shape index (κ1) is 23.2. The van der Waals surface area contributed by atoms with Gasteiger partial charge < -0.3 is 40.9 Å². The molecule has 12 heteroatoms. The molecule has 0 aliphatic carbocycles. The van der Waals surface area contributed by atoms with Crippen LogP contribution in [-0.4, -0.2) is 65.5 Å². The second-order valence-electron chi connectivity index (χ2n) is 1.13. The SMILES string of the molecule is O=C(O)O.O=C(O)O.O=C(O)O.O=C(O)O.[HH].[HH]. The Balaban J connectivity index is -0.0000000257. The summed E-state index contributed by atoms with van der Waals surface area (Å²) in [6.45, 7) is 0. The molecule has 0 amide bonds. The van der Waals surface area contributed by atoms with Crippen molar-refractivity contribution in [2.75, 3.05) is 0 Å². The molecule has 0 heterocycles. The number of carboxylic acid groups (broad SMARTS) is 8. The van der Waals surface area contributed by atoms with Crippen LogP contribution in [0, 0.1) is 0 Å². The molecule has 0 saturated heterocycles. The first-order chi connectivity index (χ1) is 6.93. The van der Waals surface area contributed by atoms with E-state index in [0.717, 1.165) is 0 Å². The molecule has 0 aromatic carbocycles. The van der Waals surface area contributed by atoms with E-state index in [1.165, 1.54) is 0 Å². The van der Waals surface area contributed by atoms with E-state index >= 15 is 0 Å². The van der Waals surface area contributed by atoms with Crippen molar-refractivity contribution in [3.8, 4) is 0 Å². The van der Waals surface area contributed by atoms with E-state index in [1.807, 2.05) is 0 Å². The minimum absolute atomic E-state index is 0. The summed E-state index contributed by atoms with van der Waals surface area (Å²) in [5.41, 5.74) is 0. The van der Waals surface area contributed by atoms with Crippen molar-refractivity contribution in [1.82, 2.24) is 0 Å². The van der Waals surface area contributed by atoms with Crippen LogP contribution in [0.25, 0.3) is 0 Å². The molecular weight excluding hydrogens is 240 g/mol. The molecule has 0 saturated carbocycles. The van der Waals surface area contributed by atoms with Gasteiger partial charge in [-0.2, -0.15) is 0 Å². The molecule has 0 atom stereocenters. The number of carbonyl (C=O) groups is 4. The van der Waals surface area contributed by atoms with E-state index in [9.17, 15) is 0 Å². The van der Waals surface area contributed by atoms with Gasteiger partial charge in [0.1, 0.15) is 0 Å². The van der Waals surface area contributed by atoms with Crippen molar-refractivity contribution >= 4 is 24.6 Å². The van der Waals surface area contributed by atoms with Gasteiger partial charge in [-0.1, -0.05) is 0 Å². The number of rotatable bonds is 0. The topological polar surface area (TPSA) is 230 Å². The molecule has 0 spiro atoms. The second kappa shape index (κ2) is 18.0. The highest BCUT2D eigenvalue weighted by Crippen LogP contribution is 1.43. The third kappa shape index (κ3) is 132. The summed E-state index contributed by atoms with van der Waals surface area (Å²) in [5.74, 6) is 0. The van der Waals surface area contributed by atoms with Gasteiger partial charge in [-0.3, -0.25) is 0 Å². The average molecular weight is 252 g/mol. The van der Waals surface area contributed by atoms with Gasteiger partial charge in [-0.05, 0) is 0 Å². The van der Waals surface area contributed by atoms with E-state index in [0.29, 0.717) is 0 Å². The number of hydrogen-bond donors (Lipinski definition) is 8. The zero-order chi connectivity index (χ0) is 14.3. The molecule has 12 nitrogen and oxygen atoms in total. The Morgan fingerprint density at radius 3 is 0.438 bits per heavy atom. The van der Waals surface area contributed by atoms with Gasteiger partial charge in [-0.15, -0.1) is 0 Å². The molecule has 0 radical (unpaired) electrons. The van der Waals surface area contributed by atoms with Crippen molar-refractivity contribution in [3.05, 3.63) is 0 Å². The van der Waals surface area contributed by atoms with Crippen LogP contribution in [0.5, 0.6) is 0 Å². The van der Waals surface area contributed by atoms with Crippen LogP contribution in [0.1, 0.15) is 2.85 Å². The third-order valence-corrected chi connectivity index (χ3v) is 0. The fourth-order valence-electron chi connectivity index (χ4n) is 0. The predicted molar refractivity (Wildman–Crippen MR) is 46.8 cm³/mol. The van der Waals surface area contributed by atoms with Crippen LogP contribution in [0.2, 0.25) is 0 Å². The fourth-order valence-corrected chi connectivity index (χ4v) is 0. The van der Waals surface area contributed by atoms with Gasteiger partial charge in [0.15, 0.2) is 0 Å². The Bertz CT molecular complexity index is 162. The molecule has 0 rings (SSSR count). The molecule has 0 aromatic rings. The lowest BCUT2D eigenvalue weighted by Crippen LogP contribution is -1.81. The summed E-state index contributed by atoms with van der Waals surface area (Å²) in [6, 6.07) is 0. The van der Waals surface area contributed by atoms with Crippen LogP contribution in [0.4, 0.5) is 19.2 Å². The van der Waals surface area contributed by atoms with Crippen molar-refractivity contribution in [3.63, 3.8) is 0 Å². The summed E-state index contributed by atoms with van der Waals surface area (Å²) < 4.78 is 0. The van der Waals surface area contributed by atoms with Crippen molar-refractivity contribution in [2.45, 2.75) is 0 Å². The van der Waals surface area contributed by atoms with E-state index in [4.69, 9.17) is 60.0 Å². The lowest BCUT2D eigenvalue weighted by atomic mass is 11.5. The van der Waals surface area contributed by atoms with Gasteiger partial charge in [0, 0.05) is 2.85 Å². The monoisotopic (exact) mass is 252 g/mol. The smallest absolute Gasteiger partial charge is 0.450 e. The Kier molecular flexibility index (Phi) is 26.0. The molecule has 0 bridgehead atoms. The Morgan fingerprint density at radius 2 is 0.438 bits per heavy atom.